The van der Waals surface area contributed by atoms with Gasteiger partial charge in [0.15, 0.2) is 34.9 Å². The monoisotopic (exact) mass is 1710 g/mol. The van der Waals surface area contributed by atoms with E-state index in [0.717, 1.165) is 111 Å². The van der Waals surface area contributed by atoms with Crippen LogP contribution in [-0.2, 0) is 54.1 Å². The highest BCUT2D eigenvalue weighted by Gasteiger charge is 2.36. The lowest BCUT2D eigenvalue weighted by atomic mass is 9.84. The van der Waals surface area contributed by atoms with Crippen LogP contribution in [0.15, 0.2) is 243 Å². The minimum atomic E-state index is -0.167. The fraction of sp³-hybridized carbons (Fsp3) is 0.333. The Hall–Kier alpha value is -12.4. The number of rotatable bonds is 10. The molecule has 3 aromatic heterocycles. The van der Waals surface area contributed by atoms with Crippen molar-refractivity contribution in [1.82, 2.24) is 49.8 Å². The summed E-state index contributed by atoms with van der Waals surface area (Å²) in [6.45, 7) is 68.1. The number of H-pyrrole nitrogens is 2. The lowest BCUT2D eigenvalue weighted by Crippen LogP contribution is -2.11. The van der Waals surface area contributed by atoms with Crippen LogP contribution in [0.3, 0.4) is 0 Å². The maximum absolute atomic E-state index is 6.19. The average molecular weight is 1710 g/mol. The molecule has 0 amide bonds. The van der Waals surface area contributed by atoms with Gasteiger partial charge in [0.1, 0.15) is 22.6 Å². The second kappa shape index (κ2) is 32.9. The molecule has 10 aromatic carbocycles. The summed E-state index contributed by atoms with van der Waals surface area (Å²) in [5.41, 5.74) is 29.9. The molecule has 10 heteroatoms. The topological polar surface area (TPSA) is 135 Å². The van der Waals surface area contributed by atoms with Crippen LogP contribution in [-0.4, -0.2) is 49.8 Å². The molecule has 0 saturated carbocycles. The van der Waals surface area contributed by atoms with Crippen LogP contribution in [0, 0.1) is 0 Å². The van der Waals surface area contributed by atoms with Gasteiger partial charge >= 0.3 is 0 Å². The summed E-state index contributed by atoms with van der Waals surface area (Å²) in [6.07, 6.45) is 0. The number of nitrogens with zero attached hydrogens (tertiary/aromatic N) is 8. The van der Waals surface area contributed by atoms with Crippen LogP contribution >= 0.6 is 0 Å². The van der Waals surface area contributed by atoms with E-state index in [9.17, 15) is 0 Å². The summed E-state index contributed by atoms with van der Waals surface area (Å²) >= 11 is 0. The summed E-state index contributed by atoms with van der Waals surface area (Å²) < 4.78 is 0. The Morgan fingerprint density at radius 2 is 0.231 bits per heavy atom. The highest BCUT2D eigenvalue weighted by atomic mass is 15.1. The predicted octanol–water partition coefficient (Wildman–Crippen LogP) is 30.8. The second-order valence-electron chi connectivity index (χ2n) is 46.5. The smallest absolute Gasteiger partial charge is 0.165 e. The third-order valence-electron chi connectivity index (χ3n) is 26.1. The fourth-order valence-electron chi connectivity index (χ4n) is 17.7. The van der Waals surface area contributed by atoms with Crippen LogP contribution in [0.1, 0.15) is 332 Å². The highest BCUT2D eigenvalue weighted by Crippen LogP contribution is 2.50. The van der Waals surface area contributed by atoms with Crippen LogP contribution in [0.25, 0.3) is 101 Å². The van der Waals surface area contributed by atoms with Gasteiger partial charge in [-0.2, -0.15) is 0 Å². The van der Waals surface area contributed by atoms with Gasteiger partial charge in [-0.15, -0.1) is 0 Å². The molecule has 0 radical (unpaired) electrons. The van der Waals surface area contributed by atoms with Crippen molar-refractivity contribution in [2.45, 2.75) is 262 Å². The first-order valence-corrected chi connectivity index (χ1v) is 46.5. The molecule has 16 rings (SSSR count). The molecule has 0 spiro atoms. The number of fused-ring (bicyclic) bond motifs is 10. The molecular formula is C120H132N10. The fourth-order valence-corrected chi connectivity index (χ4v) is 17.7. The largest absolute Gasteiger partial charge is 0.324 e. The van der Waals surface area contributed by atoms with Crippen LogP contribution < -0.4 is 0 Å². The Balaban J connectivity index is 1.21. The van der Waals surface area contributed by atoms with E-state index in [1.807, 2.05) is 0 Å². The Bertz CT molecular complexity index is 6460. The standard InChI is InChI=1S/C120H132N10/c1-111(2,3)81-51-31-71(32-52-81)91-92(72-33-53-82(54-34-72)112(4,5)6)102-121-101(91)126-103-93(73-35-55-83(56-36-73)113(7,8)9)94(74-37-57-84(58-38-74)114(10,11)12)105(122-103)128-107-97(77-43-63-87(64-44-77)117(19,20)21)98(78-45-65-88(66-46-78)118(22,23)24)109(124-107)130-110-100(80-49-69-90(70-50-80)120(28,29)30)99(79-47-67-89(68-48-79)119(25,26)27)108(125-110)129-106-96(76-41-61-86(62-42-76)116(16,17)18)95(104(123-106)127-102)75-39-59-85(60-40-75)115(13,14)15/h31-70H,1-30H3,(H2,121,122,123,124,125,126,127,128,129,130). The van der Waals surface area contributed by atoms with Crippen LogP contribution in [0.4, 0.5) is 0 Å². The maximum atomic E-state index is 6.19. The van der Waals surface area contributed by atoms with Gasteiger partial charge in [-0.05, 0) is 165 Å². The summed E-state index contributed by atoms with van der Waals surface area (Å²) in [5, 5.41) is 0. The van der Waals surface area contributed by atoms with Gasteiger partial charge in [0.25, 0.3) is 0 Å². The Morgan fingerprint density at radius 1 is 0.131 bits per heavy atom. The molecule has 6 heterocycles. The molecule has 0 aliphatic carbocycles. The van der Waals surface area contributed by atoms with E-state index in [2.05, 4.69) is 460 Å². The number of nitrogens with one attached hydrogen (secondary N) is 2. The van der Waals surface area contributed by atoms with E-state index >= 15 is 0 Å². The maximum Gasteiger partial charge on any atom is 0.165 e. The molecule has 0 fully saturated rings. The minimum absolute atomic E-state index is 0.163. The first kappa shape index (κ1) is 90.9. The normalized spacial score (nSPS) is 13.8. The van der Waals surface area contributed by atoms with E-state index in [1.54, 1.807) is 0 Å². The predicted molar refractivity (Wildman–Crippen MR) is 548 cm³/mol. The second-order valence-corrected chi connectivity index (χ2v) is 46.5. The molecule has 662 valence electrons. The molecule has 0 unspecified atom stereocenters. The van der Waals surface area contributed by atoms with Crippen LogP contribution in [0.5, 0.6) is 0 Å². The van der Waals surface area contributed by atoms with Crippen molar-refractivity contribution in [2.75, 3.05) is 0 Å². The summed E-state index contributed by atoms with van der Waals surface area (Å²) in [6, 6.07) is 90.4. The number of hydrogen-bond donors (Lipinski definition) is 2. The minimum Gasteiger partial charge on any atom is -0.324 e. The molecular weight excluding hydrogens is 1580 g/mol. The van der Waals surface area contributed by atoms with E-state index < -0.39 is 0 Å². The number of aromatic amines is 2. The SMILES string of the molecule is CC(C)(C)c1ccc(C2=C(c3ccc(C(C)(C)C)cc3)c3nc2nc2nc(nc4[nH]c(nc5nc(nc6[nH]c(n3)c(-c3ccc(C(C)(C)C)cc3)c6-c3ccc(C(C)(C)C)cc3)C(c3ccc(C(C)(C)C)cc3)=C5c3ccc(C(C)(C)C)cc3)c(-c3ccc(C(C)(C)C)cc3)c4-c3ccc(C(C)(C)C)cc3)C(c3ccc(C(C)(C)C)cc3)=C2c2ccc(C(C)(C)C)cc2)cc1. The third-order valence-corrected chi connectivity index (χ3v) is 26.1. The molecule has 2 N–H and O–H groups in total. The van der Waals surface area contributed by atoms with Crippen molar-refractivity contribution in [3.63, 3.8) is 0 Å². The zero-order chi connectivity index (χ0) is 93.4. The van der Waals surface area contributed by atoms with Gasteiger partial charge in [-0.3, -0.25) is 0 Å². The molecule has 10 bridgehead atoms. The quantitative estimate of drug-likeness (QED) is 0.138. The molecule has 0 saturated heterocycles. The number of benzene rings is 10. The summed E-state index contributed by atoms with van der Waals surface area (Å²) in [4.78, 5) is 57.2. The average Bonchev–Trinajstić information content (AvgIpc) is 1.58. The van der Waals surface area contributed by atoms with Gasteiger partial charge in [-0.1, -0.05) is 450 Å². The van der Waals surface area contributed by atoms with Gasteiger partial charge in [0.2, 0.25) is 0 Å². The molecule has 0 atom stereocenters. The van der Waals surface area contributed by atoms with Crippen molar-refractivity contribution in [1.29, 1.82) is 0 Å². The van der Waals surface area contributed by atoms with Crippen LogP contribution in [0.2, 0.25) is 0 Å². The van der Waals surface area contributed by atoms with Gasteiger partial charge in [0, 0.05) is 55.7 Å². The Kier molecular flexibility index (Phi) is 23.0. The zero-order valence-electron chi connectivity index (χ0n) is 82.7. The highest BCUT2D eigenvalue weighted by molar-refractivity contribution is 6.10. The summed E-state index contributed by atoms with van der Waals surface area (Å²) in [5.74, 6) is 2.68. The molecule has 3 aliphatic rings. The lowest BCUT2D eigenvalue weighted by Gasteiger charge is -2.20. The Labute approximate surface area is 773 Å². The molecule has 13 aromatic rings. The van der Waals surface area contributed by atoms with E-state index in [4.69, 9.17) is 39.9 Å². The van der Waals surface area contributed by atoms with Gasteiger partial charge in [0.05, 0.1) is 0 Å². The number of hydrogen-bond acceptors (Lipinski definition) is 8. The van der Waals surface area contributed by atoms with Gasteiger partial charge < -0.3 is 9.97 Å². The first-order chi connectivity index (χ1) is 60.7. The van der Waals surface area contributed by atoms with Crippen molar-refractivity contribution in [2.24, 2.45) is 0 Å². The molecule has 3 aliphatic heterocycles. The molecule has 130 heavy (non-hydrogen) atoms. The third kappa shape index (κ3) is 18.4. The van der Waals surface area contributed by atoms with Crippen molar-refractivity contribution in [3.8, 4) is 44.5 Å². The Morgan fingerprint density at radius 3 is 0.338 bits per heavy atom. The first-order valence-electron chi connectivity index (χ1n) is 46.5. The van der Waals surface area contributed by atoms with Crippen molar-refractivity contribution in [3.05, 3.63) is 367 Å². The van der Waals surface area contributed by atoms with E-state index in [-0.39, 0.29) is 54.1 Å². The van der Waals surface area contributed by atoms with E-state index in [0.29, 0.717) is 57.5 Å². The van der Waals surface area contributed by atoms with Gasteiger partial charge in [-0.25, -0.2) is 39.9 Å². The van der Waals surface area contributed by atoms with E-state index in [1.165, 1.54) is 55.6 Å². The lowest BCUT2D eigenvalue weighted by molar-refractivity contribution is 0.590. The van der Waals surface area contributed by atoms with Crippen molar-refractivity contribution < 1.29 is 0 Å². The van der Waals surface area contributed by atoms with Crippen molar-refractivity contribution >= 4 is 56.0 Å². The summed E-state index contributed by atoms with van der Waals surface area (Å²) in [7, 11) is 0. The zero-order valence-corrected chi connectivity index (χ0v) is 82.7. The number of aromatic nitrogens is 10. The molecule has 10 nitrogen and oxygen atoms in total.